The van der Waals surface area contributed by atoms with Crippen LogP contribution in [-0.4, -0.2) is 23.3 Å². The number of esters is 1. The Morgan fingerprint density at radius 2 is 1.68 bits per heavy atom. The fourth-order valence-electron chi connectivity index (χ4n) is 1.89. The van der Waals surface area contributed by atoms with E-state index in [1.54, 1.807) is 0 Å². The Morgan fingerprint density at radius 1 is 1.08 bits per heavy atom. The van der Waals surface area contributed by atoms with Gasteiger partial charge in [-0.1, -0.05) is 6.07 Å². The Hall–Kier alpha value is -3.42. The zero-order chi connectivity index (χ0) is 18.4. The SMILES string of the molecule is O=C(/C=C/c1ccc([N+](=O)[O-])cc1)OCC(=O)c1c(F)cccc1F. The molecule has 0 unspecified atom stereocenters. The number of nitrogens with zero attached hydrogens (tertiary/aromatic N) is 1. The van der Waals surface area contributed by atoms with Crippen molar-refractivity contribution in [2.45, 2.75) is 0 Å². The van der Waals surface area contributed by atoms with E-state index < -0.39 is 40.5 Å². The molecule has 6 nitrogen and oxygen atoms in total. The number of halogens is 2. The number of rotatable bonds is 6. The summed E-state index contributed by atoms with van der Waals surface area (Å²) < 4.78 is 31.5. The molecule has 0 radical (unpaired) electrons. The van der Waals surface area contributed by atoms with Crippen molar-refractivity contribution in [1.29, 1.82) is 0 Å². The summed E-state index contributed by atoms with van der Waals surface area (Å²) in [5.74, 6) is -3.99. The second kappa shape index (κ2) is 7.91. The maximum Gasteiger partial charge on any atom is 0.331 e. The minimum atomic E-state index is -1.04. The van der Waals surface area contributed by atoms with Crippen molar-refractivity contribution >= 4 is 23.5 Å². The number of ketones is 1. The summed E-state index contributed by atoms with van der Waals surface area (Å²) in [4.78, 5) is 33.2. The smallest absolute Gasteiger partial charge is 0.331 e. The third-order valence-corrected chi connectivity index (χ3v) is 3.10. The second-order valence-electron chi connectivity index (χ2n) is 4.81. The molecule has 8 heteroatoms. The van der Waals surface area contributed by atoms with Crippen LogP contribution in [0.5, 0.6) is 0 Å². The number of hydrogen-bond acceptors (Lipinski definition) is 5. The van der Waals surface area contributed by atoms with E-state index in [1.807, 2.05) is 0 Å². The highest BCUT2D eigenvalue weighted by atomic mass is 19.1. The standard InChI is InChI=1S/C17H11F2NO5/c18-13-2-1-3-14(19)17(13)15(21)10-25-16(22)9-6-11-4-7-12(8-5-11)20(23)24/h1-9H,10H2/b9-6+. The molecule has 0 aliphatic heterocycles. The summed E-state index contributed by atoms with van der Waals surface area (Å²) in [6.45, 7) is -0.818. The molecule has 0 heterocycles. The van der Waals surface area contributed by atoms with Gasteiger partial charge in [-0.3, -0.25) is 14.9 Å². The minimum absolute atomic E-state index is 0.0998. The lowest BCUT2D eigenvalue weighted by Gasteiger charge is -2.04. The van der Waals surface area contributed by atoms with Gasteiger partial charge in [0.2, 0.25) is 5.78 Å². The van der Waals surface area contributed by atoms with Gasteiger partial charge in [0.05, 0.1) is 10.5 Å². The van der Waals surface area contributed by atoms with Crippen LogP contribution >= 0.6 is 0 Å². The molecule has 128 valence electrons. The van der Waals surface area contributed by atoms with Crippen molar-refractivity contribution < 1.29 is 28.0 Å². The Morgan fingerprint density at radius 3 is 2.24 bits per heavy atom. The highest BCUT2D eigenvalue weighted by Gasteiger charge is 2.18. The van der Waals surface area contributed by atoms with Gasteiger partial charge in [0.15, 0.2) is 6.61 Å². The molecule has 0 amide bonds. The van der Waals surface area contributed by atoms with Crippen molar-refractivity contribution in [2.24, 2.45) is 0 Å². The molecule has 2 rings (SSSR count). The van der Waals surface area contributed by atoms with Gasteiger partial charge >= 0.3 is 5.97 Å². The molecule has 2 aromatic rings. The Bertz CT molecular complexity index is 826. The Kier molecular flexibility index (Phi) is 5.67. The summed E-state index contributed by atoms with van der Waals surface area (Å²) in [7, 11) is 0. The average molecular weight is 347 g/mol. The molecular weight excluding hydrogens is 336 g/mol. The lowest BCUT2D eigenvalue weighted by Crippen LogP contribution is -2.15. The van der Waals surface area contributed by atoms with E-state index >= 15 is 0 Å². The van der Waals surface area contributed by atoms with Crippen LogP contribution in [0, 0.1) is 21.7 Å². The lowest BCUT2D eigenvalue weighted by molar-refractivity contribution is -0.384. The molecule has 0 atom stereocenters. The minimum Gasteiger partial charge on any atom is -0.454 e. The van der Waals surface area contributed by atoms with Crippen LogP contribution in [0.1, 0.15) is 15.9 Å². The van der Waals surface area contributed by atoms with Crippen LogP contribution in [0.15, 0.2) is 48.5 Å². The van der Waals surface area contributed by atoms with Gasteiger partial charge in [-0.15, -0.1) is 0 Å². The molecule has 2 aromatic carbocycles. The summed E-state index contributed by atoms with van der Waals surface area (Å²) in [5, 5.41) is 10.5. The maximum absolute atomic E-state index is 13.4. The maximum atomic E-state index is 13.4. The first-order chi connectivity index (χ1) is 11.9. The fraction of sp³-hybridized carbons (Fsp3) is 0.0588. The van der Waals surface area contributed by atoms with Crippen LogP contribution in [0.3, 0.4) is 0 Å². The zero-order valence-electron chi connectivity index (χ0n) is 12.6. The van der Waals surface area contributed by atoms with Gasteiger partial charge in [0.1, 0.15) is 11.6 Å². The first-order valence-corrected chi connectivity index (χ1v) is 6.95. The average Bonchev–Trinajstić information content (AvgIpc) is 2.58. The number of non-ortho nitro benzene ring substituents is 1. The zero-order valence-corrected chi connectivity index (χ0v) is 12.6. The topological polar surface area (TPSA) is 86.5 Å². The molecule has 0 saturated carbocycles. The predicted octanol–water partition coefficient (Wildman–Crippen LogP) is 3.31. The number of carbonyl (C=O) groups excluding carboxylic acids is 2. The molecule has 0 spiro atoms. The number of Topliss-reactive ketones (excluding diaryl/α,β-unsaturated/α-hetero) is 1. The van der Waals surface area contributed by atoms with E-state index in [-0.39, 0.29) is 5.69 Å². The van der Waals surface area contributed by atoms with E-state index in [0.29, 0.717) is 5.56 Å². The molecule has 0 N–H and O–H groups in total. The molecule has 0 saturated heterocycles. The summed E-state index contributed by atoms with van der Waals surface area (Å²) in [6, 6.07) is 8.31. The van der Waals surface area contributed by atoms with Crippen LogP contribution < -0.4 is 0 Å². The summed E-state index contributed by atoms with van der Waals surface area (Å²) in [6.07, 6.45) is 2.31. The van der Waals surface area contributed by atoms with Crippen molar-refractivity contribution in [2.75, 3.05) is 6.61 Å². The number of benzene rings is 2. The Balaban J connectivity index is 1.94. The highest BCUT2D eigenvalue weighted by molar-refractivity contribution is 5.99. The first kappa shape index (κ1) is 17.9. The summed E-state index contributed by atoms with van der Waals surface area (Å²) >= 11 is 0. The van der Waals surface area contributed by atoms with Gasteiger partial charge in [-0.05, 0) is 35.9 Å². The number of carbonyl (C=O) groups is 2. The van der Waals surface area contributed by atoms with Crippen LogP contribution in [0.25, 0.3) is 6.08 Å². The van der Waals surface area contributed by atoms with Crippen molar-refractivity contribution in [3.05, 3.63) is 81.4 Å². The van der Waals surface area contributed by atoms with Crippen LogP contribution in [0.4, 0.5) is 14.5 Å². The van der Waals surface area contributed by atoms with Crippen LogP contribution in [-0.2, 0) is 9.53 Å². The van der Waals surface area contributed by atoms with E-state index in [2.05, 4.69) is 4.74 Å². The monoisotopic (exact) mass is 347 g/mol. The van der Waals surface area contributed by atoms with Gasteiger partial charge in [-0.25, -0.2) is 13.6 Å². The summed E-state index contributed by atoms with van der Waals surface area (Å²) in [5.41, 5.74) is -0.374. The van der Waals surface area contributed by atoms with Gasteiger partial charge in [0, 0.05) is 18.2 Å². The molecule has 0 aliphatic rings. The first-order valence-electron chi connectivity index (χ1n) is 6.95. The predicted molar refractivity (Wildman–Crippen MR) is 83.8 cm³/mol. The number of nitro groups is 1. The lowest BCUT2D eigenvalue weighted by atomic mass is 10.1. The number of ether oxygens (including phenoxy) is 1. The molecule has 0 bridgehead atoms. The molecule has 0 aromatic heterocycles. The quantitative estimate of drug-likeness (QED) is 0.263. The molecular formula is C17H11F2NO5. The Labute approximate surface area is 140 Å². The van der Waals surface area contributed by atoms with Crippen molar-refractivity contribution in [3.63, 3.8) is 0 Å². The number of nitro benzene ring substituents is 1. The molecule has 0 fully saturated rings. The third-order valence-electron chi connectivity index (χ3n) is 3.10. The normalized spacial score (nSPS) is 10.6. The fourth-order valence-corrected chi connectivity index (χ4v) is 1.89. The van der Waals surface area contributed by atoms with Gasteiger partial charge in [0.25, 0.3) is 5.69 Å². The number of hydrogen-bond donors (Lipinski definition) is 0. The van der Waals surface area contributed by atoms with E-state index in [9.17, 15) is 28.5 Å². The van der Waals surface area contributed by atoms with Gasteiger partial charge < -0.3 is 4.74 Å². The van der Waals surface area contributed by atoms with E-state index in [4.69, 9.17) is 0 Å². The van der Waals surface area contributed by atoms with Crippen LogP contribution in [0.2, 0.25) is 0 Å². The largest absolute Gasteiger partial charge is 0.454 e. The second-order valence-corrected chi connectivity index (χ2v) is 4.81. The molecule has 0 aliphatic carbocycles. The van der Waals surface area contributed by atoms with Crippen molar-refractivity contribution in [1.82, 2.24) is 0 Å². The highest BCUT2D eigenvalue weighted by Crippen LogP contribution is 2.14. The van der Waals surface area contributed by atoms with E-state index in [1.165, 1.54) is 30.3 Å². The van der Waals surface area contributed by atoms with E-state index in [0.717, 1.165) is 24.3 Å². The third kappa shape index (κ3) is 4.77. The van der Waals surface area contributed by atoms with Gasteiger partial charge in [-0.2, -0.15) is 0 Å². The van der Waals surface area contributed by atoms with Crippen molar-refractivity contribution in [3.8, 4) is 0 Å². The molecule has 25 heavy (non-hydrogen) atoms.